The zero-order valence-corrected chi connectivity index (χ0v) is 22.6. The van der Waals surface area contributed by atoms with Gasteiger partial charge in [-0.3, -0.25) is 14.6 Å². The predicted molar refractivity (Wildman–Crippen MR) is 139 cm³/mol. The Bertz CT molecular complexity index is 1120. The van der Waals surface area contributed by atoms with E-state index in [1.165, 1.54) is 11.8 Å². The van der Waals surface area contributed by atoms with E-state index in [9.17, 15) is 36.6 Å². The van der Waals surface area contributed by atoms with Gasteiger partial charge < -0.3 is 20.6 Å². The Hall–Kier alpha value is -2.74. The van der Waals surface area contributed by atoms with Crippen LogP contribution in [0.15, 0.2) is 17.3 Å². The van der Waals surface area contributed by atoms with Crippen LogP contribution < -0.4 is 10.6 Å². The number of nitrogens with zero attached hydrogens (tertiary/aromatic N) is 3. The lowest BCUT2D eigenvalue weighted by molar-refractivity contribution is -0.138. The van der Waals surface area contributed by atoms with Gasteiger partial charge in [0.05, 0.1) is 22.7 Å². The van der Waals surface area contributed by atoms with Crippen LogP contribution in [0.25, 0.3) is 0 Å². The molecule has 1 aliphatic carbocycles. The molecule has 0 aromatic carbocycles. The van der Waals surface area contributed by atoms with Gasteiger partial charge in [-0.1, -0.05) is 12.2 Å². The summed E-state index contributed by atoms with van der Waals surface area (Å²) in [6, 6.07) is -3.45. The molecule has 3 N–H and O–H groups in total. The summed E-state index contributed by atoms with van der Waals surface area (Å²) in [5.74, 6) is -1.65. The summed E-state index contributed by atoms with van der Waals surface area (Å²) in [5, 5.41) is 14.7. The molecule has 1 aromatic rings. The van der Waals surface area contributed by atoms with E-state index in [2.05, 4.69) is 15.3 Å². The van der Waals surface area contributed by atoms with Crippen molar-refractivity contribution in [2.45, 2.75) is 95.7 Å². The fourth-order valence-electron chi connectivity index (χ4n) is 4.66. The van der Waals surface area contributed by atoms with E-state index in [4.69, 9.17) is 12.2 Å². The topological polar surface area (TPSA) is 107 Å². The molecule has 39 heavy (non-hydrogen) atoms. The molecule has 1 aliphatic heterocycles. The van der Waals surface area contributed by atoms with Crippen molar-refractivity contribution in [3.8, 4) is 0 Å². The minimum atomic E-state index is -4.63. The third-order valence-electron chi connectivity index (χ3n) is 7.06. The molecule has 1 unspecified atom stereocenters. The summed E-state index contributed by atoms with van der Waals surface area (Å²) in [7, 11) is 0. The molecule has 0 radical (unpaired) electrons. The second-order valence-electron chi connectivity index (χ2n) is 9.95. The predicted octanol–water partition coefficient (Wildman–Crippen LogP) is 3.97. The Labute approximate surface area is 228 Å². The fraction of sp³-hybridized carbons (Fsp3) is 0.640. The quantitative estimate of drug-likeness (QED) is 0.178. The number of aliphatic hydroxyl groups excluding tert-OH is 1. The van der Waals surface area contributed by atoms with Crippen LogP contribution in [0.4, 0.5) is 27.8 Å². The van der Waals surface area contributed by atoms with E-state index in [0.717, 1.165) is 38.4 Å². The number of nitrogens with one attached hydrogen (secondary N) is 2. The van der Waals surface area contributed by atoms with E-state index in [-0.39, 0.29) is 22.2 Å². The van der Waals surface area contributed by atoms with Gasteiger partial charge in [-0.2, -0.15) is 13.2 Å². The number of pyridine rings is 1. The number of halogens is 5. The van der Waals surface area contributed by atoms with Gasteiger partial charge in [-0.25, -0.2) is 13.8 Å². The van der Waals surface area contributed by atoms with E-state index in [1.807, 2.05) is 12.2 Å². The fourth-order valence-corrected chi connectivity index (χ4v) is 4.99. The summed E-state index contributed by atoms with van der Waals surface area (Å²) in [5.41, 5.74) is -1.17. The van der Waals surface area contributed by atoms with E-state index < -0.39 is 60.0 Å². The van der Waals surface area contributed by atoms with Crippen molar-refractivity contribution in [1.29, 1.82) is 0 Å². The molecule has 1 saturated carbocycles. The van der Waals surface area contributed by atoms with Gasteiger partial charge in [0.25, 0.3) is 18.2 Å². The van der Waals surface area contributed by atoms with Crippen molar-refractivity contribution in [2.24, 2.45) is 4.99 Å². The SMILES string of the molecule is C/C(=N\C(C(=O)N1CCC[C@@H]1C)C(=S)c1cnc(N[C@@H](C)C(F)(F)F)cc1C(F)F)C(=O)N[C@H]1CCC[C@@H]1O. The normalized spacial score (nSPS) is 23.6. The number of aliphatic imine (C=N–C) groups is 1. The first kappa shape index (κ1) is 30.8. The van der Waals surface area contributed by atoms with Crippen molar-refractivity contribution in [2.75, 3.05) is 11.9 Å². The van der Waals surface area contributed by atoms with Gasteiger partial charge in [0.2, 0.25) is 0 Å². The summed E-state index contributed by atoms with van der Waals surface area (Å²) in [6.45, 7) is 4.39. The highest BCUT2D eigenvalue weighted by molar-refractivity contribution is 7.81. The van der Waals surface area contributed by atoms with Crippen LogP contribution in [0.2, 0.25) is 0 Å². The standard InChI is InChI=1S/C25H32F5N5O3S/c1-12-6-5-9-35(12)24(38)20(32-13(2)23(37)34-17-7-4-8-18(17)36)21(39)16-11-31-19(10-15(16)22(26)27)33-14(3)25(28,29)30/h10-12,14,17-18,20,22,36H,4-9H2,1-3H3,(H,31,33)(H,34,37)/b32-13+/t12-,14-,17-,18-,20?/m0/s1. The van der Waals surface area contributed by atoms with Crippen LogP contribution in [-0.2, 0) is 9.59 Å². The maximum absolute atomic E-state index is 14.1. The molecule has 8 nitrogen and oxygen atoms in total. The van der Waals surface area contributed by atoms with Crippen molar-refractivity contribution in [1.82, 2.24) is 15.2 Å². The third kappa shape index (κ3) is 7.47. The van der Waals surface area contributed by atoms with Crippen LogP contribution in [0.3, 0.4) is 0 Å². The highest BCUT2D eigenvalue weighted by Gasteiger charge is 2.38. The Morgan fingerprint density at radius 3 is 2.46 bits per heavy atom. The molecular weight excluding hydrogens is 545 g/mol. The average Bonchev–Trinajstić information content (AvgIpc) is 3.48. The molecule has 2 fully saturated rings. The van der Waals surface area contributed by atoms with E-state index in [0.29, 0.717) is 19.4 Å². The van der Waals surface area contributed by atoms with Gasteiger partial charge in [0.1, 0.15) is 11.9 Å². The van der Waals surface area contributed by atoms with Crippen molar-refractivity contribution < 1.29 is 36.6 Å². The van der Waals surface area contributed by atoms with Crippen molar-refractivity contribution >= 4 is 40.4 Å². The first-order valence-electron chi connectivity index (χ1n) is 12.7. The van der Waals surface area contributed by atoms with Gasteiger partial charge in [0, 0.05) is 29.9 Å². The molecule has 3 rings (SSSR count). The number of anilines is 1. The van der Waals surface area contributed by atoms with Gasteiger partial charge >= 0.3 is 6.18 Å². The zero-order chi connectivity index (χ0) is 29.1. The maximum Gasteiger partial charge on any atom is 0.408 e. The number of carbonyl (C=O) groups is 2. The van der Waals surface area contributed by atoms with Crippen molar-refractivity contribution in [3.63, 3.8) is 0 Å². The highest BCUT2D eigenvalue weighted by atomic mass is 32.1. The lowest BCUT2D eigenvalue weighted by Gasteiger charge is -2.26. The number of hydrogen-bond acceptors (Lipinski definition) is 7. The number of aliphatic hydroxyl groups is 1. The summed E-state index contributed by atoms with van der Waals surface area (Å²) in [6.07, 6.45) is -4.32. The lowest BCUT2D eigenvalue weighted by Crippen LogP contribution is -2.46. The number of alkyl halides is 5. The minimum Gasteiger partial charge on any atom is -0.391 e. The molecule has 2 heterocycles. The smallest absolute Gasteiger partial charge is 0.391 e. The summed E-state index contributed by atoms with van der Waals surface area (Å²) >= 11 is 5.46. The number of amides is 2. The second-order valence-corrected chi connectivity index (χ2v) is 10.4. The molecular formula is C25H32F5N5O3S. The first-order valence-corrected chi connectivity index (χ1v) is 13.1. The van der Waals surface area contributed by atoms with Crippen LogP contribution in [0.1, 0.15) is 70.4 Å². The molecule has 216 valence electrons. The minimum absolute atomic E-state index is 0.134. The number of hydrogen-bond donors (Lipinski definition) is 3. The zero-order valence-electron chi connectivity index (χ0n) is 21.8. The number of rotatable bonds is 9. The third-order valence-corrected chi connectivity index (χ3v) is 7.50. The first-order chi connectivity index (χ1) is 18.2. The highest BCUT2D eigenvalue weighted by Crippen LogP contribution is 2.30. The Morgan fingerprint density at radius 1 is 1.23 bits per heavy atom. The number of thiocarbonyl (C=S) groups is 1. The molecule has 5 atom stereocenters. The monoisotopic (exact) mass is 577 g/mol. The number of likely N-dealkylation sites (tertiary alicyclic amines) is 1. The van der Waals surface area contributed by atoms with Crippen LogP contribution in [0, 0.1) is 0 Å². The molecule has 0 spiro atoms. The van der Waals surface area contributed by atoms with Crippen LogP contribution in [0.5, 0.6) is 0 Å². The van der Waals surface area contributed by atoms with Gasteiger partial charge in [0.15, 0.2) is 6.04 Å². The molecule has 0 bridgehead atoms. The van der Waals surface area contributed by atoms with Crippen LogP contribution >= 0.6 is 12.2 Å². The number of aromatic nitrogens is 1. The largest absolute Gasteiger partial charge is 0.408 e. The van der Waals surface area contributed by atoms with E-state index >= 15 is 0 Å². The molecule has 14 heteroatoms. The lowest BCUT2D eigenvalue weighted by atomic mass is 10.0. The van der Waals surface area contributed by atoms with Gasteiger partial charge in [-0.05, 0) is 58.9 Å². The average molecular weight is 578 g/mol. The molecule has 1 aromatic heterocycles. The molecule has 2 amide bonds. The Kier molecular flexibility index (Phi) is 9.97. The number of carbonyl (C=O) groups excluding carboxylic acids is 2. The molecule has 1 saturated heterocycles. The second kappa shape index (κ2) is 12.6. The Morgan fingerprint density at radius 2 is 1.92 bits per heavy atom. The summed E-state index contributed by atoms with van der Waals surface area (Å²) < 4.78 is 67.0. The molecule has 2 aliphatic rings. The van der Waals surface area contributed by atoms with Crippen LogP contribution in [-0.4, -0.2) is 80.4 Å². The summed E-state index contributed by atoms with van der Waals surface area (Å²) in [4.78, 5) is 35.6. The van der Waals surface area contributed by atoms with Crippen molar-refractivity contribution in [3.05, 3.63) is 23.4 Å². The van der Waals surface area contributed by atoms with Gasteiger partial charge in [-0.15, -0.1) is 0 Å². The van der Waals surface area contributed by atoms with E-state index in [1.54, 1.807) is 0 Å². The maximum atomic E-state index is 14.1. The Balaban J connectivity index is 1.96.